The molecular formula is C20H24N4O3. The number of anilines is 3. The van der Waals surface area contributed by atoms with Crippen LogP contribution in [0.15, 0.2) is 54.6 Å². The molecule has 3 rings (SSSR count). The van der Waals surface area contributed by atoms with Crippen LogP contribution in [0.1, 0.15) is 0 Å². The molecule has 0 atom stereocenters. The fraction of sp³-hybridized carbons (Fsp3) is 0.300. The Balaban J connectivity index is 1.42. The number of carbonyl (C=O) groups excluding carboxylic acids is 2. The van der Waals surface area contributed by atoms with Crippen molar-refractivity contribution in [1.82, 2.24) is 10.2 Å². The first-order chi connectivity index (χ1) is 13.2. The van der Waals surface area contributed by atoms with Gasteiger partial charge in [-0.25, -0.2) is 0 Å². The van der Waals surface area contributed by atoms with Crippen LogP contribution in [0, 0.1) is 0 Å². The predicted molar refractivity (Wildman–Crippen MR) is 105 cm³/mol. The third kappa shape index (κ3) is 6.09. The summed E-state index contributed by atoms with van der Waals surface area (Å²) in [7, 11) is 0. The lowest BCUT2D eigenvalue weighted by Gasteiger charge is -2.26. The third-order valence-electron chi connectivity index (χ3n) is 4.23. The van der Waals surface area contributed by atoms with E-state index in [2.05, 4.69) is 20.9 Å². The van der Waals surface area contributed by atoms with Gasteiger partial charge in [0.15, 0.2) is 0 Å². The Hall–Kier alpha value is -2.90. The quantitative estimate of drug-likeness (QED) is 0.678. The number of hydrogen-bond donors (Lipinski definition) is 3. The monoisotopic (exact) mass is 368 g/mol. The lowest BCUT2D eigenvalue weighted by molar-refractivity contribution is -0.136. The molecule has 2 aromatic rings. The lowest BCUT2D eigenvalue weighted by atomic mass is 10.2. The van der Waals surface area contributed by atoms with Crippen LogP contribution in [-0.4, -0.2) is 56.1 Å². The molecule has 3 N–H and O–H groups in total. The molecular weight excluding hydrogens is 344 g/mol. The van der Waals surface area contributed by atoms with E-state index in [-0.39, 0.29) is 0 Å². The number of morpholine rings is 1. The summed E-state index contributed by atoms with van der Waals surface area (Å²) in [6.07, 6.45) is 0. The van der Waals surface area contributed by atoms with Crippen molar-refractivity contribution >= 4 is 28.9 Å². The van der Waals surface area contributed by atoms with Crippen LogP contribution >= 0.6 is 0 Å². The second kappa shape index (κ2) is 9.70. The molecule has 1 fully saturated rings. The van der Waals surface area contributed by atoms with Gasteiger partial charge in [0.25, 0.3) is 0 Å². The first-order valence-electron chi connectivity index (χ1n) is 9.02. The van der Waals surface area contributed by atoms with Crippen molar-refractivity contribution in [2.45, 2.75) is 0 Å². The highest BCUT2D eigenvalue weighted by Gasteiger charge is 2.15. The van der Waals surface area contributed by atoms with Gasteiger partial charge in [0.05, 0.1) is 13.2 Å². The highest BCUT2D eigenvalue weighted by Crippen LogP contribution is 2.18. The maximum atomic E-state index is 12.0. The molecule has 2 aromatic carbocycles. The topological polar surface area (TPSA) is 82.7 Å². The number of para-hydroxylation sites is 1. The van der Waals surface area contributed by atoms with Gasteiger partial charge in [-0.15, -0.1) is 0 Å². The van der Waals surface area contributed by atoms with Gasteiger partial charge in [0, 0.05) is 43.2 Å². The molecule has 0 bridgehead atoms. The minimum Gasteiger partial charge on any atom is -0.379 e. The SMILES string of the molecule is O=C(NCCN1CCOCC1)C(=O)Nc1ccc(Nc2ccccc2)cc1. The van der Waals surface area contributed by atoms with Crippen molar-refractivity contribution in [1.29, 1.82) is 0 Å². The molecule has 1 heterocycles. The number of ether oxygens (including phenoxy) is 1. The smallest absolute Gasteiger partial charge is 0.313 e. The first kappa shape index (κ1) is 18.9. The maximum absolute atomic E-state index is 12.0. The minimum absolute atomic E-state index is 0.437. The lowest BCUT2D eigenvalue weighted by Crippen LogP contribution is -2.43. The molecule has 0 spiro atoms. The number of hydrogen-bond acceptors (Lipinski definition) is 5. The molecule has 1 aliphatic heterocycles. The molecule has 0 unspecified atom stereocenters. The van der Waals surface area contributed by atoms with Gasteiger partial charge < -0.3 is 20.7 Å². The van der Waals surface area contributed by atoms with E-state index in [1.807, 2.05) is 42.5 Å². The summed E-state index contributed by atoms with van der Waals surface area (Å²) in [5.41, 5.74) is 2.45. The van der Waals surface area contributed by atoms with E-state index in [1.165, 1.54) is 0 Å². The van der Waals surface area contributed by atoms with E-state index < -0.39 is 11.8 Å². The van der Waals surface area contributed by atoms with Crippen LogP contribution < -0.4 is 16.0 Å². The molecule has 0 aromatic heterocycles. The fourth-order valence-corrected chi connectivity index (χ4v) is 2.75. The Morgan fingerprint density at radius 3 is 2.19 bits per heavy atom. The largest absolute Gasteiger partial charge is 0.379 e. The Labute approximate surface area is 158 Å². The Morgan fingerprint density at radius 1 is 0.852 bits per heavy atom. The summed E-state index contributed by atoms with van der Waals surface area (Å²) in [4.78, 5) is 26.1. The standard InChI is InChI=1S/C20H24N4O3/c25-19(21-10-11-24-12-14-27-15-13-24)20(26)23-18-8-6-17(7-9-18)22-16-4-2-1-3-5-16/h1-9,22H,10-15H2,(H,21,25)(H,23,26). The van der Waals surface area contributed by atoms with Crippen LogP contribution in [0.2, 0.25) is 0 Å². The molecule has 7 heteroatoms. The van der Waals surface area contributed by atoms with Crippen LogP contribution in [0.5, 0.6) is 0 Å². The van der Waals surface area contributed by atoms with E-state index in [1.54, 1.807) is 12.1 Å². The van der Waals surface area contributed by atoms with E-state index in [0.717, 1.165) is 24.5 Å². The van der Waals surface area contributed by atoms with Gasteiger partial charge in [-0.05, 0) is 36.4 Å². The summed E-state index contributed by atoms with van der Waals surface area (Å²) in [6, 6.07) is 17.0. The molecule has 27 heavy (non-hydrogen) atoms. The average Bonchev–Trinajstić information content (AvgIpc) is 2.71. The minimum atomic E-state index is -0.666. The van der Waals surface area contributed by atoms with Crippen LogP contribution in [0.4, 0.5) is 17.1 Å². The van der Waals surface area contributed by atoms with E-state index in [0.29, 0.717) is 32.0 Å². The number of benzene rings is 2. The zero-order valence-corrected chi connectivity index (χ0v) is 15.1. The van der Waals surface area contributed by atoms with Crippen LogP contribution in [-0.2, 0) is 14.3 Å². The van der Waals surface area contributed by atoms with Gasteiger partial charge in [-0.1, -0.05) is 18.2 Å². The first-order valence-corrected chi connectivity index (χ1v) is 9.02. The van der Waals surface area contributed by atoms with Gasteiger partial charge in [-0.3, -0.25) is 14.5 Å². The van der Waals surface area contributed by atoms with Crippen molar-refractivity contribution in [3.63, 3.8) is 0 Å². The second-order valence-corrected chi connectivity index (χ2v) is 6.23. The van der Waals surface area contributed by atoms with E-state index >= 15 is 0 Å². The fourth-order valence-electron chi connectivity index (χ4n) is 2.75. The molecule has 7 nitrogen and oxygen atoms in total. The maximum Gasteiger partial charge on any atom is 0.313 e. The molecule has 142 valence electrons. The van der Waals surface area contributed by atoms with Gasteiger partial charge >= 0.3 is 11.8 Å². The van der Waals surface area contributed by atoms with Gasteiger partial charge in [-0.2, -0.15) is 0 Å². The molecule has 0 saturated carbocycles. The molecule has 1 saturated heterocycles. The molecule has 2 amide bonds. The highest BCUT2D eigenvalue weighted by atomic mass is 16.5. The Kier molecular flexibility index (Phi) is 6.78. The average molecular weight is 368 g/mol. The van der Waals surface area contributed by atoms with E-state index in [4.69, 9.17) is 4.74 Å². The predicted octanol–water partition coefficient (Wildman–Crippen LogP) is 1.82. The Morgan fingerprint density at radius 2 is 1.48 bits per heavy atom. The van der Waals surface area contributed by atoms with Crippen molar-refractivity contribution in [3.8, 4) is 0 Å². The molecule has 0 radical (unpaired) electrons. The summed E-state index contributed by atoms with van der Waals surface area (Å²) < 4.78 is 5.28. The number of amides is 2. The number of carbonyl (C=O) groups is 2. The number of nitrogens with one attached hydrogen (secondary N) is 3. The van der Waals surface area contributed by atoms with Crippen molar-refractivity contribution in [3.05, 3.63) is 54.6 Å². The zero-order valence-electron chi connectivity index (χ0n) is 15.1. The normalized spacial score (nSPS) is 14.4. The summed E-state index contributed by atoms with van der Waals surface area (Å²) in [6.45, 7) is 4.28. The van der Waals surface area contributed by atoms with E-state index in [9.17, 15) is 9.59 Å². The number of rotatable bonds is 6. The third-order valence-corrected chi connectivity index (χ3v) is 4.23. The summed E-state index contributed by atoms with van der Waals surface area (Å²) in [5.74, 6) is -1.30. The Bertz CT molecular complexity index is 744. The zero-order chi connectivity index (χ0) is 18.9. The van der Waals surface area contributed by atoms with Gasteiger partial charge in [0.1, 0.15) is 0 Å². The second-order valence-electron chi connectivity index (χ2n) is 6.23. The van der Waals surface area contributed by atoms with Crippen LogP contribution in [0.3, 0.4) is 0 Å². The molecule has 1 aliphatic rings. The summed E-state index contributed by atoms with van der Waals surface area (Å²) in [5, 5.41) is 8.52. The van der Waals surface area contributed by atoms with Crippen LogP contribution in [0.25, 0.3) is 0 Å². The van der Waals surface area contributed by atoms with Gasteiger partial charge in [0.2, 0.25) is 0 Å². The molecule has 0 aliphatic carbocycles. The highest BCUT2D eigenvalue weighted by molar-refractivity contribution is 6.39. The van der Waals surface area contributed by atoms with Crippen molar-refractivity contribution < 1.29 is 14.3 Å². The van der Waals surface area contributed by atoms with Crippen molar-refractivity contribution in [2.24, 2.45) is 0 Å². The van der Waals surface area contributed by atoms with Crippen molar-refractivity contribution in [2.75, 3.05) is 50.0 Å². The number of nitrogens with zero attached hydrogens (tertiary/aromatic N) is 1. The summed E-state index contributed by atoms with van der Waals surface area (Å²) >= 11 is 0.